The average Bonchev–Trinajstić information content (AvgIpc) is 3.40. The van der Waals surface area contributed by atoms with Crippen LogP contribution in [0.15, 0.2) is 67.0 Å². The molecule has 0 aliphatic carbocycles. The molecule has 7 nitrogen and oxygen atoms in total. The highest BCUT2D eigenvalue weighted by molar-refractivity contribution is 7.80. The second kappa shape index (κ2) is 11.0. The van der Waals surface area contributed by atoms with Crippen molar-refractivity contribution in [3.8, 4) is 5.82 Å². The molecule has 1 amide bonds. The van der Waals surface area contributed by atoms with Crippen LogP contribution in [-0.2, 0) is 4.79 Å². The molecule has 0 unspecified atom stereocenters. The minimum atomic E-state index is -0.153. The number of nitrogens with one attached hydrogen (secondary N) is 2. The molecule has 8 heteroatoms. The van der Waals surface area contributed by atoms with E-state index >= 15 is 0 Å². The Morgan fingerprint density at radius 1 is 0.974 bits per heavy atom. The lowest BCUT2D eigenvalue weighted by atomic mass is 9.96. The Bertz CT molecular complexity index is 1530. The van der Waals surface area contributed by atoms with Gasteiger partial charge in [-0.1, -0.05) is 24.3 Å². The first-order valence-electron chi connectivity index (χ1n) is 13.2. The summed E-state index contributed by atoms with van der Waals surface area (Å²) >= 11 is 5.85. The third-order valence-corrected chi connectivity index (χ3v) is 7.78. The first-order chi connectivity index (χ1) is 18.7. The topological polar surface area (TPSA) is 75.1 Å². The molecule has 2 atom stereocenters. The van der Waals surface area contributed by atoms with E-state index in [2.05, 4.69) is 63.0 Å². The Balaban J connectivity index is 1.48. The highest BCUT2D eigenvalue weighted by Crippen LogP contribution is 2.41. The monoisotopic (exact) mass is 538 g/mol. The lowest BCUT2D eigenvalue weighted by Crippen LogP contribution is -2.33. The largest absolute Gasteiger partial charge is 0.352 e. The molecule has 1 fully saturated rings. The molecule has 1 aliphatic heterocycles. The summed E-state index contributed by atoms with van der Waals surface area (Å²) in [5, 5.41) is 7.21. The minimum Gasteiger partial charge on any atom is -0.352 e. The zero-order chi connectivity index (χ0) is 27.7. The van der Waals surface area contributed by atoms with Gasteiger partial charge in [0.2, 0.25) is 5.91 Å². The summed E-state index contributed by atoms with van der Waals surface area (Å²) in [5.74, 6) is 0.877. The summed E-state index contributed by atoms with van der Waals surface area (Å²) in [6.45, 7) is 10.8. The van der Waals surface area contributed by atoms with E-state index in [1.165, 1.54) is 0 Å². The average molecular weight is 539 g/mol. The van der Waals surface area contributed by atoms with E-state index in [1.807, 2.05) is 62.5 Å². The SMILES string of the molecule is Cc1ccc(C)c(NC(=O)CCN2C(=S)N[C@H](c3ccccn3)[C@@H]2c2cc(C)n(-c3ncccc3C)c2C)c1. The van der Waals surface area contributed by atoms with E-state index in [0.29, 0.717) is 18.1 Å². The second-order valence-corrected chi connectivity index (χ2v) is 10.6. The lowest BCUT2D eigenvalue weighted by Gasteiger charge is -2.28. The smallest absolute Gasteiger partial charge is 0.226 e. The van der Waals surface area contributed by atoms with Crippen molar-refractivity contribution < 1.29 is 4.79 Å². The van der Waals surface area contributed by atoms with E-state index in [0.717, 1.165) is 50.8 Å². The fraction of sp³-hybridized carbons (Fsp3) is 0.290. The van der Waals surface area contributed by atoms with Gasteiger partial charge in [-0.05, 0) is 99.4 Å². The van der Waals surface area contributed by atoms with E-state index in [-0.39, 0.29) is 18.0 Å². The number of rotatable bonds is 7. The van der Waals surface area contributed by atoms with Gasteiger partial charge in [-0.3, -0.25) is 9.78 Å². The second-order valence-electron chi connectivity index (χ2n) is 10.2. The normalized spacial score (nSPS) is 16.8. The molecule has 0 radical (unpaired) electrons. The zero-order valence-corrected chi connectivity index (χ0v) is 23.8. The molecule has 1 aromatic carbocycles. The van der Waals surface area contributed by atoms with Crippen LogP contribution in [0.5, 0.6) is 0 Å². The van der Waals surface area contributed by atoms with Crippen LogP contribution in [0.3, 0.4) is 0 Å². The number of aryl methyl sites for hydroxylation is 4. The number of benzene rings is 1. The standard InChI is InChI=1S/C31H34N6OS/c1-19-11-12-20(2)26(17-19)34-27(38)13-16-36-29(28(35-31(36)39)25-10-6-7-14-32-25)24-18-22(4)37(23(24)5)30-21(3)9-8-15-33-30/h6-12,14-15,17-18,28-29H,13,16H2,1-5H3,(H,34,38)(H,35,39)/t28-,29+/m1/s1. The summed E-state index contributed by atoms with van der Waals surface area (Å²) in [4.78, 5) is 24.5. The number of aromatic nitrogens is 3. The van der Waals surface area contributed by atoms with Gasteiger partial charge >= 0.3 is 0 Å². The minimum absolute atomic E-state index is 0.0406. The van der Waals surface area contributed by atoms with Crippen molar-refractivity contribution in [2.24, 2.45) is 0 Å². The predicted octanol–water partition coefficient (Wildman–Crippen LogP) is 5.81. The Morgan fingerprint density at radius 3 is 2.51 bits per heavy atom. The maximum Gasteiger partial charge on any atom is 0.226 e. The summed E-state index contributed by atoms with van der Waals surface area (Å²) in [6, 6.07) is 18.0. The lowest BCUT2D eigenvalue weighted by molar-refractivity contribution is -0.116. The van der Waals surface area contributed by atoms with Crippen LogP contribution in [0.2, 0.25) is 0 Å². The van der Waals surface area contributed by atoms with Gasteiger partial charge in [0.25, 0.3) is 0 Å². The van der Waals surface area contributed by atoms with Crippen LogP contribution >= 0.6 is 12.2 Å². The maximum absolute atomic E-state index is 13.1. The Morgan fingerprint density at radius 2 is 1.77 bits per heavy atom. The molecule has 1 aliphatic rings. The molecule has 0 spiro atoms. The van der Waals surface area contributed by atoms with Crippen molar-refractivity contribution in [2.45, 2.75) is 53.1 Å². The van der Waals surface area contributed by atoms with Crippen molar-refractivity contribution in [2.75, 3.05) is 11.9 Å². The van der Waals surface area contributed by atoms with Gasteiger partial charge in [0.1, 0.15) is 5.82 Å². The van der Waals surface area contributed by atoms with Crippen LogP contribution in [0.4, 0.5) is 5.69 Å². The van der Waals surface area contributed by atoms with E-state index in [4.69, 9.17) is 12.2 Å². The van der Waals surface area contributed by atoms with Crippen molar-refractivity contribution in [1.29, 1.82) is 0 Å². The van der Waals surface area contributed by atoms with Crippen LogP contribution in [0, 0.1) is 34.6 Å². The van der Waals surface area contributed by atoms with Gasteiger partial charge in [0.05, 0.1) is 17.8 Å². The van der Waals surface area contributed by atoms with Crippen LogP contribution in [-0.4, -0.2) is 37.0 Å². The number of hydrogen-bond acceptors (Lipinski definition) is 4. The summed E-state index contributed by atoms with van der Waals surface area (Å²) in [7, 11) is 0. The highest BCUT2D eigenvalue weighted by Gasteiger charge is 2.41. The summed E-state index contributed by atoms with van der Waals surface area (Å²) in [5.41, 5.74) is 8.33. The van der Waals surface area contributed by atoms with Gasteiger partial charge in [0, 0.05) is 42.4 Å². The highest BCUT2D eigenvalue weighted by atomic mass is 32.1. The number of hydrogen-bond donors (Lipinski definition) is 2. The molecular weight excluding hydrogens is 504 g/mol. The molecule has 3 aromatic heterocycles. The van der Waals surface area contributed by atoms with Crippen LogP contribution in [0.25, 0.3) is 5.82 Å². The number of carbonyl (C=O) groups is 1. The quantitative estimate of drug-likeness (QED) is 0.289. The molecule has 1 saturated heterocycles. The number of pyridine rings is 2. The van der Waals surface area contributed by atoms with Crippen molar-refractivity contribution in [3.63, 3.8) is 0 Å². The molecule has 200 valence electrons. The van der Waals surface area contributed by atoms with Crippen molar-refractivity contribution in [3.05, 3.63) is 106 Å². The maximum atomic E-state index is 13.1. The summed E-state index contributed by atoms with van der Waals surface area (Å²) < 4.78 is 2.20. The van der Waals surface area contributed by atoms with Gasteiger partial charge in [-0.15, -0.1) is 0 Å². The first-order valence-corrected chi connectivity index (χ1v) is 13.6. The molecular formula is C31H34N6OS. The van der Waals surface area contributed by atoms with E-state index in [9.17, 15) is 4.79 Å². The number of anilines is 1. The van der Waals surface area contributed by atoms with Crippen LogP contribution in [0.1, 0.15) is 57.8 Å². The molecule has 39 heavy (non-hydrogen) atoms. The molecule has 4 heterocycles. The number of thiocarbonyl (C=S) groups is 1. The van der Waals surface area contributed by atoms with Gasteiger partial charge < -0.3 is 20.1 Å². The third kappa shape index (κ3) is 5.29. The van der Waals surface area contributed by atoms with Gasteiger partial charge in [0.15, 0.2) is 5.11 Å². The Labute approximate surface area is 235 Å². The zero-order valence-electron chi connectivity index (χ0n) is 23.0. The number of nitrogens with zero attached hydrogens (tertiary/aromatic N) is 4. The number of amides is 1. The van der Waals surface area contributed by atoms with Gasteiger partial charge in [-0.2, -0.15) is 0 Å². The third-order valence-electron chi connectivity index (χ3n) is 7.43. The predicted molar refractivity (Wildman–Crippen MR) is 159 cm³/mol. The molecule has 0 bridgehead atoms. The fourth-order valence-electron chi connectivity index (χ4n) is 5.41. The molecule has 2 N–H and O–H groups in total. The van der Waals surface area contributed by atoms with E-state index < -0.39 is 0 Å². The Hall–Kier alpha value is -4.04. The number of carbonyl (C=O) groups excluding carboxylic acids is 1. The molecule has 0 saturated carbocycles. The first kappa shape index (κ1) is 26.6. The fourth-order valence-corrected chi connectivity index (χ4v) is 5.75. The molecule has 5 rings (SSSR count). The van der Waals surface area contributed by atoms with Crippen molar-refractivity contribution in [1.82, 2.24) is 24.8 Å². The van der Waals surface area contributed by atoms with Gasteiger partial charge in [-0.25, -0.2) is 4.98 Å². The van der Waals surface area contributed by atoms with Crippen LogP contribution < -0.4 is 10.6 Å². The van der Waals surface area contributed by atoms with Crippen molar-refractivity contribution >= 4 is 28.9 Å². The summed E-state index contributed by atoms with van der Waals surface area (Å²) in [6.07, 6.45) is 3.93. The molecule has 4 aromatic rings. The Kier molecular flexibility index (Phi) is 7.48. The van der Waals surface area contributed by atoms with E-state index in [1.54, 1.807) is 6.20 Å².